The van der Waals surface area contributed by atoms with Crippen LogP contribution >= 0.6 is 11.6 Å². The van der Waals surface area contributed by atoms with Crippen molar-refractivity contribution in [3.8, 4) is 11.3 Å². The van der Waals surface area contributed by atoms with Gasteiger partial charge in [0.15, 0.2) is 0 Å². The average molecular weight is 349 g/mol. The normalized spacial score (nSPS) is 10.7. The number of nitrogens with one attached hydrogen (secondary N) is 1. The van der Waals surface area contributed by atoms with Crippen LogP contribution in [0.3, 0.4) is 0 Å². The van der Waals surface area contributed by atoms with Crippen molar-refractivity contribution >= 4 is 23.2 Å². The second kappa shape index (κ2) is 6.41. The highest BCUT2D eigenvalue weighted by Crippen LogP contribution is 2.31. The summed E-state index contributed by atoms with van der Waals surface area (Å²) in [5.74, 6) is -2.29. The molecule has 0 aliphatic heterocycles. The molecule has 3 aromatic rings. The van der Waals surface area contributed by atoms with Gasteiger partial charge in [0, 0.05) is 5.56 Å². The number of anilines is 1. The van der Waals surface area contributed by atoms with Crippen molar-refractivity contribution in [1.29, 1.82) is 0 Å². The number of benzene rings is 2. The minimum Gasteiger partial charge on any atom is -0.360 e. The zero-order valence-corrected chi connectivity index (χ0v) is 13.2. The summed E-state index contributed by atoms with van der Waals surface area (Å²) in [6.45, 7) is 1.53. The van der Waals surface area contributed by atoms with E-state index < -0.39 is 23.2 Å². The van der Waals surface area contributed by atoms with E-state index in [0.29, 0.717) is 10.6 Å². The average Bonchev–Trinajstić information content (AvgIpc) is 2.93. The zero-order valence-electron chi connectivity index (χ0n) is 12.4. The molecule has 122 valence electrons. The van der Waals surface area contributed by atoms with E-state index in [4.69, 9.17) is 16.1 Å². The van der Waals surface area contributed by atoms with Crippen LogP contribution in [0.5, 0.6) is 0 Å². The van der Waals surface area contributed by atoms with Gasteiger partial charge in [0.1, 0.15) is 34.3 Å². The first-order chi connectivity index (χ1) is 11.5. The second-order valence-electron chi connectivity index (χ2n) is 4.99. The summed E-state index contributed by atoms with van der Waals surface area (Å²) in [6, 6.07) is 10.1. The molecule has 2 aromatic carbocycles. The lowest BCUT2D eigenvalue weighted by molar-refractivity contribution is 0.102. The van der Waals surface area contributed by atoms with Crippen molar-refractivity contribution in [2.24, 2.45) is 0 Å². The van der Waals surface area contributed by atoms with Crippen molar-refractivity contribution in [2.45, 2.75) is 6.92 Å². The standard InChI is InChI=1S/C17H11ClF2N2O2/c1-9-14(15(22-24-9)10-5-2-3-6-11(10)18)17(23)21-16-12(19)7-4-8-13(16)20/h2-8H,1H3,(H,21,23). The number of halogens is 3. The molecule has 0 unspecified atom stereocenters. The SMILES string of the molecule is Cc1onc(-c2ccccc2Cl)c1C(=O)Nc1c(F)cccc1F. The number of nitrogens with zero attached hydrogens (tertiary/aromatic N) is 1. The van der Waals surface area contributed by atoms with Crippen LogP contribution in [0.2, 0.25) is 5.02 Å². The number of hydrogen-bond donors (Lipinski definition) is 1. The molecule has 3 rings (SSSR count). The molecule has 0 atom stereocenters. The van der Waals surface area contributed by atoms with Gasteiger partial charge in [-0.2, -0.15) is 0 Å². The Morgan fingerprint density at radius 1 is 1.12 bits per heavy atom. The van der Waals surface area contributed by atoms with Gasteiger partial charge in [-0.25, -0.2) is 8.78 Å². The van der Waals surface area contributed by atoms with Gasteiger partial charge < -0.3 is 9.84 Å². The smallest absolute Gasteiger partial charge is 0.261 e. The summed E-state index contributed by atoms with van der Waals surface area (Å²) in [5.41, 5.74) is 0.210. The number of aryl methyl sites for hydroxylation is 1. The molecule has 0 aliphatic carbocycles. The van der Waals surface area contributed by atoms with Gasteiger partial charge in [0.2, 0.25) is 0 Å². The summed E-state index contributed by atoms with van der Waals surface area (Å²) in [5, 5.41) is 6.44. The van der Waals surface area contributed by atoms with Crippen molar-refractivity contribution in [3.63, 3.8) is 0 Å². The number of hydrogen-bond acceptors (Lipinski definition) is 3. The molecule has 0 spiro atoms. The Bertz CT molecular complexity index is 904. The number of rotatable bonds is 3. The van der Waals surface area contributed by atoms with Crippen LogP contribution < -0.4 is 5.32 Å². The molecule has 0 bridgehead atoms. The Hall–Kier alpha value is -2.73. The highest BCUT2D eigenvalue weighted by Gasteiger charge is 2.24. The predicted octanol–water partition coefficient (Wildman–Crippen LogP) is 4.83. The Kier molecular flexibility index (Phi) is 4.31. The maximum Gasteiger partial charge on any atom is 0.261 e. The molecule has 1 aromatic heterocycles. The van der Waals surface area contributed by atoms with Crippen molar-refractivity contribution < 1.29 is 18.1 Å². The fourth-order valence-corrected chi connectivity index (χ4v) is 2.50. The molecule has 0 fully saturated rings. The van der Waals surface area contributed by atoms with Gasteiger partial charge in [0.25, 0.3) is 5.91 Å². The van der Waals surface area contributed by atoms with Crippen molar-refractivity contribution in [1.82, 2.24) is 5.16 Å². The molecule has 1 N–H and O–H groups in total. The number of carbonyl (C=O) groups is 1. The van der Waals surface area contributed by atoms with Crippen LogP contribution in [0.15, 0.2) is 47.0 Å². The fourth-order valence-electron chi connectivity index (χ4n) is 2.27. The third kappa shape index (κ3) is 2.88. The second-order valence-corrected chi connectivity index (χ2v) is 5.40. The third-order valence-corrected chi connectivity index (χ3v) is 3.75. The first-order valence-electron chi connectivity index (χ1n) is 6.95. The Balaban J connectivity index is 2.03. The molecule has 0 saturated heterocycles. The number of amides is 1. The van der Waals surface area contributed by atoms with E-state index in [9.17, 15) is 13.6 Å². The molecule has 1 amide bonds. The van der Waals surface area contributed by atoms with Crippen LogP contribution in [0.1, 0.15) is 16.1 Å². The third-order valence-electron chi connectivity index (χ3n) is 3.42. The first-order valence-corrected chi connectivity index (χ1v) is 7.33. The van der Waals surface area contributed by atoms with Crippen LogP contribution in [0.25, 0.3) is 11.3 Å². The molecule has 4 nitrogen and oxygen atoms in total. The van der Waals surface area contributed by atoms with Gasteiger partial charge in [-0.05, 0) is 25.1 Å². The molecule has 1 heterocycles. The monoisotopic (exact) mass is 348 g/mol. The van der Waals surface area contributed by atoms with E-state index in [0.717, 1.165) is 12.1 Å². The number of aromatic nitrogens is 1. The summed E-state index contributed by atoms with van der Waals surface area (Å²) < 4.78 is 32.5. The predicted molar refractivity (Wildman–Crippen MR) is 86.0 cm³/mol. The molecular formula is C17H11ClF2N2O2. The van der Waals surface area contributed by atoms with Crippen LogP contribution in [-0.2, 0) is 0 Å². The summed E-state index contributed by atoms with van der Waals surface area (Å²) >= 11 is 6.12. The quantitative estimate of drug-likeness (QED) is 0.737. The van der Waals surface area contributed by atoms with Gasteiger partial charge in [-0.1, -0.05) is 41.0 Å². The lowest BCUT2D eigenvalue weighted by Gasteiger charge is -2.08. The Morgan fingerprint density at radius 2 is 1.79 bits per heavy atom. The van der Waals surface area contributed by atoms with Crippen LogP contribution in [0, 0.1) is 18.6 Å². The highest BCUT2D eigenvalue weighted by molar-refractivity contribution is 6.33. The lowest BCUT2D eigenvalue weighted by Crippen LogP contribution is -2.15. The molecule has 7 heteroatoms. The Labute approximate surface area is 141 Å². The minimum absolute atomic E-state index is 0.0609. The van der Waals surface area contributed by atoms with E-state index in [1.807, 2.05) is 0 Å². The Morgan fingerprint density at radius 3 is 2.46 bits per heavy atom. The summed E-state index contributed by atoms with van der Waals surface area (Å²) in [7, 11) is 0. The summed E-state index contributed by atoms with van der Waals surface area (Å²) in [6.07, 6.45) is 0. The van der Waals surface area contributed by atoms with E-state index in [-0.39, 0.29) is 17.0 Å². The van der Waals surface area contributed by atoms with E-state index in [1.165, 1.54) is 13.0 Å². The summed E-state index contributed by atoms with van der Waals surface area (Å²) in [4.78, 5) is 12.5. The molecule has 0 aliphatic rings. The zero-order chi connectivity index (χ0) is 17.3. The fraction of sp³-hybridized carbons (Fsp3) is 0.0588. The van der Waals surface area contributed by atoms with Crippen molar-refractivity contribution in [3.05, 3.63) is 70.4 Å². The minimum atomic E-state index is -0.878. The first kappa shape index (κ1) is 16.1. The molecule has 0 saturated carbocycles. The largest absolute Gasteiger partial charge is 0.360 e. The van der Waals surface area contributed by atoms with Gasteiger partial charge in [-0.3, -0.25) is 4.79 Å². The maximum atomic E-state index is 13.7. The van der Waals surface area contributed by atoms with E-state index >= 15 is 0 Å². The molecular weight excluding hydrogens is 338 g/mol. The number of para-hydroxylation sites is 1. The highest BCUT2D eigenvalue weighted by atomic mass is 35.5. The van der Waals surface area contributed by atoms with E-state index in [2.05, 4.69) is 10.5 Å². The maximum absolute atomic E-state index is 13.7. The van der Waals surface area contributed by atoms with E-state index in [1.54, 1.807) is 24.3 Å². The molecule has 24 heavy (non-hydrogen) atoms. The van der Waals surface area contributed by atoms with Gasteiger partial charge in [0.05, 0.1) is 5.02 Å². The van der Waals surface area contributed by atoms with Crippen molar-refractivity contribution in [2.75, 3.05) is 5.32 Å². The van der Waals surface area contributed by atoms with Crippen LogP contribution in [0.4, 0.5) is 14.5 Å². The van der Waals surface area contributed by atoms with Gasteiger partial charge in [-0.15, -0.1) is 0 Å². The van der Waals surface area contributed by atoms with Gasteiger partial charge >= 0.3 is 0 Å². The molecule has 0 radical (unpaired) electrons. The lowest BCUT2D eigenvalue weighted by atomic mass is 10.1. The number of carbonyl (C=O) groups excluding carboxylic acids is 1. The van der Waals surface area contributed by atoms with Crippen LogP contribution in [-0.4, -0.2) is 11.1 Å². The topological polar surface area (TPSA) is 55.1 Å².